The minimum Gasteiger partial charge on any atom is -0.311 e. The molecule has 2 heterocycles. The summed E-state index contributed by atoms with van der Waals surface area (Å²) in [4.78, 5) is 7.68. The van der Waals surface area contributed by atoms with Crippen molar-refractivity contribution in [3.05, 3.63) is 179 Å². The monoisotopic (exact) mass is 924 g/mol. The minimum atomic E-state index is -0.0542. The zero-order valence-corrected chi connectivity index (χ0v) is 45.8. The third-order valence-electron chi connectivity index (χ3n) is 15.0. The van der Waals surface area contributed by atoms with Gasteiger partial charge < -0.3 is 14.7 Å². The lowest BCUT2D eigenvalue weighted by Gasteiger charge is -2.45. The van der Waals surface area contributed by atoms with Gasteiger partial charge in [-0.15, -0.1) is 0 Å². The molecule has 0 fully saturated rings. The van der Waals surface area contributed by atoms with Crippen LogP contribution in [0.1, 0.15) is 158 Å². The fourth-order valence-electron chi connectivity index (χ4n) is 10.5. The Balaban J connectivity index is 1.43. The van der Waals surface area contributed by atoms with Gasteiger partial charge in [-0.2, -0.15) is 0 Å². The molecule has 0 saturated carbocycles. The second kappa shape index (κ2) is 16.8. The molecule has 0 aliphatic carbocycles. The van der Waals surface area contributed by atoms with Crippen LogP contribution in [0.25, 0.3) is 0 Å². The van der Waals surface area contributed by atoms with E-state index in [2.05, 4.69) is 285 Å². The van der Waals surface area contributed by atoms with Crippen molar-refractivity contribution < 1.29 is 0 Å². The van der Waals surface area contributed by atoms with Crippen LogP contribution >= 0.6 is 0 Å². The van der Waals surface area contributed by atoms with Crippen molar-refractivity contribution in [1.82, 2.24) is 0 Å². The first-order valence-corrected chi connectivity index (χ1v) is 25.8. The summed E-state index contributed by atoms with van der Waals surface area (Å²) in [5, 5.41) is 0. The summed E-state index contributed by atoms with van der Waals surface area (Å²) in [5.74, 6) is 0. The zero-order chi connectivity index (χ0) is 50.7. The van der Waals surface area contributed by atoms with Crippen LogP contribution < -0.4 is 31.1 Å². The van der Waals surface area contributed by atoms with Gasteiger partial charge in [0.25, 0.3) is 6.71 Å². The number of hydrogen-bond donors (Lipinski definition) is 0. The van der Waals surface area contributed by atoms with E-state index in [1.807, 2.05) is 0 Å². The third kappa shape index (κ3) is 9.01. The molecule has 70 heavy (non-hydrogen) atoms. The highest BCUT2D eigenvalue weighted by Crippen LogP contribution is 2.50. The molecule has 0 aromatic heterocycles. The van der Waals surface area contributed by atoms with Crippen molar-refractivity contribution in [3.63, 3.8) is 0 Å². The van der Waals surface area contributed by atoms with Crippen molar-refractivity contribution in [2.24, 2.45) is 0 Å². The van der Waals surface area contributed by atoms with E-state index in [-0.39, 0.29) is 39.2 Å². The summed E-state index contributed by atoms with van der Waals surface area (Å²) in [6.07, 6.45) is 0. The van der Waals surface area contributed by atoms with Gasteiger partial charge in [-0.25, -0.2) is 0 Å². The molecule has 0 spiro atoms. The SMILES string of the molecule is CC(C)(C)c1ccc(N(c2ccc(C(C)(C)C)cc2)c2cc3c4c(c2)N(c2ccc(C(C)(C)C)cc2)c2cc(C(C)(C)C)ccc2B4c2ccc(C(C)(C)C)cc2N3c2ccc(C(C)(C)C)cc2)cc1. The Morgan fingerprint density at radius 1 is 0.286 bits per heavy atom. The van der Waals surface area contributed by atoms with Crippen LogP contribution in [-0.2, 0) is 32.5 Å². The number of benzene rings is 7. The molecule has 9 rings (SSSR count). The van der Waals surface area contributed by atoms with Gasteiger partial charge in [0.05, 0.1) is 5.69 Å². The first-order chi connectivity index (χ1) is 32.5. The van der Waals surface area contributed by atoms with Gasteiger partial charge in [0, 0.05) is 45.5 Å². The molecule has 4 heteroatoms. The van der Waals surface area contributed by atoms with Gasteiger partial charge in [0.15, 0.2) is 0 Å². The van der Waals surface area contributed by atoms with Crippen molar-refractivity contribution in [3.8, 4) is 0 Å². The molecule has 7 aromatic rings. The van der Waals surface area contributed by atoms with Crippen LogP contribution in [-0.4, -0.2) is 6.71 Å². The molecule has 0 atom stereocenters. The van der Waals surface area contributed by atoms with Crippen molar-refractivity contribution in [2.45, 2.75) is 157 Å². The lowest BCUT2D eigenvalue weighted by Crippen LogP contribution is -2.61. The van der Waals surface area contributed by atoms with Crippen molar-refractivity contribution in [2.75, 3.05) is 14.7 Å². The van der Waals surface area contributed by atoms with E-state index < -0.39 is 0 Å². The predicted molar refractivity (Wildman–Crippen MR) is 307 cm³/mol. The lowest BCUT2D eigenvalue weighted by molar-refractivity contribution is 0.590. The third-order valence-corrected chi connectivity index (χ3v) is 15.0. The Morgan fingerprint density at radius 2 is 0.557 bits per heavy atom. The van der Waals surface area contributed by atoms with Crippen molar-refractivity contribution >= 4 is 74.3 Å². The molecular formula is C66H78BN3. The maximum absolute atomic E-state index is 2.59. The van der Waals surface area contributed by atoms with Crippen LogP contribution in [0.3, 0.4) is 0 Å². The standard InChI is InChI=1S/C66H78BN3/c1-61(2,3)43-19-29-49(30-20-43)68(50-31-21-44(22-32-50)62(4,5)6)53-41-58-60-59(42-53)70(52-35-25-46(26-36-52)64(10,11)12)57-40-48(66(16,17)18)28-38-55(57)67(60)54-37-27-47(65(13,14)15)39-56(54)69(58)51-33-23-45(24-34-51)63(7,8)9/h19-42H,1-18H3. The molecular weight excluding hydrogens is 846 g/mol. The summed E-state index contributed by atoms with van der Waals surface area (Å²) >= 11 is 0. The zero-order valence-electron chi connectivity index (χ0n) is 45.8. The molecule has 0 N–H and O–H groups in total. The Kier molecular flexibility index (Phi) is 11.8. The summed E-state index contributed by atoms with van der Waals surface area (Å²) in [5.41, 5.74) is 22.4. The lowest BCUT2D eigenvalue weighted by atomic mass is 9.33. The normalized spacial score (nSPS) is 14.1. The number of anilines is 9. The highest BCUT2D eigenvalue weighted by molar-refractivity contribution is 7.00. The second-order valence-corrected chi connectivity index (χ2v) is 26.6. The Labute approximate surface area is 423 Å². The highest BCUT2D eigenvalue weighted by atomic mass is 15.2. The quantitative estimate of drug-likeness (QED) is 0.159. The molecule has 0 radical (unpaired) electrons. The summed E-state index contributed by atoms with van der Waals surface area (Å²) < 4.78 is 0. The molecule has 3 nitrogen and oxygen atoms in total. The number of rotatable bonds is 5. The first-order valence-electron chi connectivity index (χ1n) is 25.8. The summed E-state index contributed by atoms with van der Waals surface area (Å²) in [7, 11) is 0. The molecule has 0 amide bonds. The van der Waals surface area contributed by atoms with E-state index in [1.165, 1.54) is 72.5 Å². The van der Waals surface area contributed by atoms with Crippen LogP contribution in [0.15, 0.2) is 146 Å². The number of fused-ring (bicyclic) bond motifs is 4. The van der Waals surface area contributed by atoms with Crippen LogP contribution in [0, 0.1) is 0 Å². The average Bonchev–Trinajstić information content (AvgIpc) is 3.27. The fraction of sp³-hybridized carbons (Fsp3) is 0.364. The Morgan fingerprint density at radius 3 is 0.843 bits per heavy atom. The van der Waals surface area contributed by atoms with Gasteiger partial charge >= 0.3 is 0 Å². The predicted octanol–water partition coefficient (Wildman–Crippen LogP) is 17.0. The van der Waals surface area contributed by atoms with E-state index in [9.17, 15) is 0 Å². The van der Waals surface area contributed by atoms with Crippen molar-refractivity contribution in [1.29, 1.82) is 0 Å². The molecule has 7 aromatic carbocycles. The van der Waals surface area contributed by atoms with Crippen LogP contribution in [0.5, 0.6) is 0 Å². The Hall–Kier alpha value is -6.00. The minimum absolute atomic E-state index is 0.00660. The van der Waals surface area contributed by atoms with Crippen LogP contribution in [0.2, 0.25) is 0 Å². The first kappa shape index (κ1) is 49.0. The van der Waals surface area contributed by atoms with Crippen LogP contribution in [0.4, 0.5) is 51.2 Å². The van der Waals surface area contributed by atoms with E-state index in [1.54, 1.807) is 0 Å². The molecule has 2 aliphatic rings. The van der Waals surface area contributed by atoms with Gasteiger partial charge in [0.1, 0.15) is 0 Å². The van der Waals surface area contributed by atoms with E-state index in [0.29, 0.717) is 0 Å². The number of nitrogens with zero attached hydrogens (tertiary/aromatic N) is 3. The second-order valence-electron chi connectivity index (χ2n) is 26.6. The maximum atomic E-state index is 2.59. The average molecular weight is 924 g/mol. The molecule has 360 valence electrons. The van der Waals surface area contributed by atoms with Gasteiger partial charge in [0.2, 0.25) is 0 Å². The summed E-state index contributed by atoms with van der Waals surface area (Å²) in [6.45, 7) is 41.6. The van der Waals surface area contributed by atoms with Gasteiger partial charge in [-0.3, -0.25) is 0 Å². The topological polar surface area (TPSA) is 9.72 Å². The maximum Gasteiger partial charge on any atom is 0.252 e. The fourth-order valence-corrected chi connectivity index (χ4v) is 10.5. The summed E-state index contributed by atoms with van der Waals surface area (Å²) in [6, 6.07) is 57.1. The smallest absolute Gasteiger partial charge is 0.252 e. The molecule has 0 saturated heterocycles. The van der Waals surface area contributed by atoms with Gasteiger partial charge in [-0.1, -0.05) is 197 Å². The molecule has 2 aliphatic heterocycles. The Bertz CT molecular complexity index is 2850. The molecule has 0 unspecified atom stereocenters. The van der Waals surface area contributed by atoms with E-state index >= 15 is 0 Å². The number of hydrogen-bond acceptors (Lipinski definition) is 3. The molecule has 0 bridgehead atoms. The largest absolute Gasteiger partial charge is 0.311 e. The van der Waals surface area contributed by atoms with E-state index in [0.717, 1.165) is 28.4 Å². The highest BCUT2D eigenvalue weighted by Gasteiger charge is 2.45. The van der Waals surface area contributed by atoms with Gasteiger partial charge in [-0.05, 0) is 155 Å². The van der Waals surface area contributed by atoms with E-state index in [4.69, 9.17) is 0 Å².